The Labute approximate surface area is 175 Å². The van der Waals surface area contributed by atoms with E-state index in [9.17, 15) is 14.7 Å². The van der Waals surface area contributed by atoms with Gasteiger partial charge in [0.1, 0.15) is 0 Å². The van der Waals surface area contributed by atoms with Crippen LogP contribution in [-0.2, 0) is 0 Å². The number of aryl methyl sites for hydroxylation is 1. The molecule has 0 aromatic heterocycles. The highest BCUT2D eigenvalue weighted by molar-refractivity contribution is 6.00. The van der Waals surface area contributed by atoms with E-state index in [1.54, 1.807) is 12.1 Å². The Morgan fingerprint density at radius 1 is 1.17 bits per heavy atom. The smallest absolute Gasteiger partial charge is 0.253 e. The molecule has 3 N–H and O–H groups in total. The van der Waals surface area contributed by atoms with Gasteiger partial charge in [-0.05, 0) is 68.8 Å². The SMILES string of the molecule is CCCN(CCC)C(=O)c1cc(C)cc(C(=O)NC[C@H](O)C2CCC(C)CN2)c1. The molecule has 0 spiro atoms. The Morgan fingerprint density at radius 3 is 2.41 bits per heavy atom. The lowest BCUT2D eigenvalue weighted by atomic mass is 9.93. The number of benzene rings is 1. The molecule has 0 radical (unpaired) electrons. The molecule has 2 amide bonds. The average molecular weight is 404 g/mol. The first-order chi connectivity index (χ1) is 13.8. The number of hydrogen-bond donors (Lipinski definition) is 3. The van der Waals surface area contributed by atoms with Gasteiger partial charge in [0, 0.05) is 36.8 Å². The van der Waals surface area contributed by atoms with Crippen molar-refractivity contribution in [2.75, 3.05) is 26.2 Å². The van der Waals surface area contributed by atoms with Crippen LogP contribution in [0, 0.1) is 12.8 Å². The molecule has 29 heavy (non-hydrogen) atoms. The van der Waals surface area contributed by atoms with Gasteiger partial charge in [-0.1, -0.05) is 20.8 Å². The molecule has 6 nitrogen and oxygen atoms in total. The molecule has 1 aromatic rings. The van der Waals surface area contributed by atoms with Crippen LogP contribution in [0.15, 0.2) is 18.2 Å². The maximum atomic E-state index is 12.9. The minimum atomic E-state index is -0.623. The van der Waals surface area contributed by atoms with Crippen molar-refractivity contribution in [3.05, 3.63) is 34.9 Å². The second-order valence-electron chi connectivity index (χ2n) is 8.35. The van der Waals surface area contributed by atoms with Crippen LogP contribution in [0.4, 0.5) is 0 Å². The van der Waals surface area contributed by atoms with Crippen LogP contribution in [-0.4, -0.2) is 60.1 Å². The first-order valence-electron chi connectivity index (χ1n) is 11.0. The Kier molecular flexibility index (Phi) is 9.11. The quantitative estimate of drug-likeness (QED) is 0.592. The summed E-state index contributed by atoms with van der Waals surface area (Å²) in [7, 11) is 0. The number of carbonyl (C=O) groups is 2. The minimum absolute atomic E-state index is 0.0118. The largest absolute Gasteiger partial charge is 0.390 e. The number of aliphatic hydroxyl groups is 1. The Hall–Kier alpha value is -1.92. The molecule has 0 bridgehead atoms. The molecule has 1 heterocycles. The van der Waals surface area contributed by atoms with Crippen LogP contribution < -0.4 is 10.6 Å². The van der Waals surface area contributed by atoms with Gasteiger partial charge in [0.2, 0.25) is 0 Å². The predicted octanol–water partition coefficient (Wildman–Crippen LogP) is 2.74. The van der Waals surface area contributed by atoms with Crippen molar-refractivity contribution >= 4 is 11.8 Å². The van der Waals surface area contributed by atoms with E-state index in [0.29, 0.717) is 30.1 Å². The van der Waals surface area contributed by atoms with Gasteiger partial charge in [-0.15, -0.1) is 0 Å². The number of rotatable bonds is 9. The number of nitrogens with zero attached hydrogens (tertiary/aromatic N) is 1. The summed E-state index contributed by atoms with van der Waals surface area (Å²) in [5.41, 5.74) is 1.87. The fourth-order valence-electron chi connectivity index (χ4n) is 3.87. The molecule has 162 valence electrons. The zero-order valence-electron chi connectivity index (χ0n) is 18.3. The zero-order valence-corrected chi connectivity index (χ0v) is 18.3. The van der Waals surface area contributed by atoms with Gasteiger partial charge in [-0.25, -0.2) is 0 Å². The van der Waals surface area contributed by atoms with Gasteiger partial charge in [-0.2, -0.15) is 0 Å². The lowest BCUT2D eigenvalue weighted by Gasteiger charge is -2.31. The standard InChI is InChI=1S/C23H37N3O3/c1-5-9-26(10-6-2)23(29)19-12-17(4)11-18(13-19)22(28)25-15-21(27)20-8-7-16(3)14-24-20/h11-13,16,20-21,24,27H,5-10,14-15H2,1-4H3,(H,25,28)/t16?,20?,21-/m0/s1. The first kappa shape index (κ1) is 23.4. The van der Waals surface area contributed by atoms with Crippen LogP contribution in [0.5, 0.6) is 0 Å². The average Bonchev–Trinajstić information content (AvgIpc) is 2.71. The van der Waals surface area contributed by atoms with Crippen molar-refractivity contribution in [3.63, 3.8) is 0 Å². The van der Waals surface area contributed by atoms with Crippen LogP contribution in [0.2, 0.25) is 0 Å². The van der Waals surface area contributed by atoms with Crippen molar-refractivity contribution in [2.45, 2.75) is 65.5 Å². The number of carbonyl (C=O) groups excluding carboxylic acids is 2. The first-order valence-corrected chi connectivity index (χ1v) is 11.0. The van der Waals surface area contributed by atoms with Crippen molar-refractivity contribution < 1.29 is 14.7 Å². The summed E-state index contributed by atoms with van der Waals surface area (Å²) in [6, 6.07) is 5.29. The molecule has 6 heteroatoms. The van der Waals surface area contributed by atoms with Crippen LogP contribution in [0.3, 0.4) is 0 Å². The summed E-state index contributed by atoms with van der Waals surface area (Å²) in [6.07, 6.45) is 3.17. The summed E-state index contributed by atoms with van der Waals surface area (Å²) in [6.45, 7) is 10.7. The van der Waals surface area contributed by atoms with E-state index < -0.39 is 6.10 Å². The van der Waals surface area contributed by atoms with E-state index in [1.165, 1.54) is 0 Å². The molecule has 0 aliphatic carbocycles. The summed E-state index contributed by atoms with van der Waals surface area (Å²) in [4.78, 5) is 27.4. The van der Waals surface area contributed by atoms with Gasteiger partial charge in [0.15, 0.2) is 0 Å². The third-order valence-electron chi connectivity index (χ3n) is 5.50. The number of piperidine rings is 1. The predicted molar refractivity (Wildman–Crippen MR) is 116 cm³/mol. The van der Waals surface area contributed by atoms with Gasteiger partial charge >= 0.3 is 0 Å². The van der Waals surface area contributed by atoms with Crippen molar-refractivity contribution in [1.82, 2.24) is 15.5 Å². The molecule has 0 saturated carbocycles. The minimum Gasteiger partial charge on any atom is -0.390 e. The second kappa shape index (κ2) is 11.3. The Bertz CT molecular complexity index is 678. The fourth-order valence-corrected chi connectivity index (χ4v) is 3.87. The van der Waals surface area contributed by atoms with Gasteiger partial charge in [-0.3, -0.25) is 9.59 Å². The van der Waals surface area contributed by atoms with E-state index in [1.807, 2.05) is 17.9 Å². The molecule has 2 rings (SSSR count). The van der Waals surface area contributed by atoms with Gasteiger partial charge < -0.3 is 20.6 Å². The van der Waals surface area contributed by atoms with Gasteiger partial charge in [0.25, 0.3) is 11.8 Å². The maximum Gasteiger partial charge on any atom is 0.253 e. The second-order valence-corrected chi connectivity index (χ2v) is 8.35. The summed E-state index contributed by atoms with van der Waals surface area (Å²) < 4.78 is 0. The van der Waals surface area contributed by atoms with E-state index in [2.05, 4.69) is 31.4 Å². The molecule has 3 atom stereocenters. The monoisotopic (exact) mass is 403 g/mol. The maximum absolute atomic E-state index is 12.9. The fraction of sp³-hybridized carbons (Fsp3) is 0.652. The normalized spacial score (nSPS) is 20.2. The summed E-state index contributed by atoms with van der Waals surface area (Å²) in [5.74, 6) is 0.326. The molecule has 2 unspecified atom stereocenters. The zero-order chi connectivity index (χ0) is 21.4. The molecular formula is C23H37N3O3. The van der Waals surface area contributed by atoms with E-state index in [0.717, 1.165) is 37.8 Å². The van der Waals surface area contributed by atoms with E-state index in [-0.39, 0.29) is 24.4 Å². The number of hydrogen-bond acceptors (Lipinski definition) is 4. The van der Waals surface area contributed by atoms with Crippen LogP contribution in [0.1, 0.15) is 72.7 Å². The van der Waals surface area contributed by atoms with Crippen molar-refractivity contribution in [2.24, 2.45) is 5.92 Å². The number of amides is 2. The molecule has 1 aliphatic rings. The van der Waals surface area contributed by atoms with Crippen molar-refractivity contribution in [1.29, 1.82) is 0 Å². The molecule has 1 aliphatic heterocycles. The van der Waals surface area contributed by atoms with Crippen molar-refractivity contribution in [3.8, 4) is 0 Å². The molecule has 1 saturated heterocycles. The topological polar surface area (TPSA) is 81.7 Å². The summed E-state index contributed by atoms with van der Waals surface area (Å²) >= 11 is 0. The summed E-state index contributed by atoms with van der Waals surface area (Å²) in [5, 5.41) is 16.6. The highest BCUT2D eigenvalue weighted by atomic mass is 16.3. The molecular weight excluding hydrogens is 366 g/mol. The van der Waals surface area contributed by atoms with E-state index >= 15 is 0 Å². The molecule has 1 aromatic carbocycles. The van der Waals surface area contributed by atoms with Crippen LogP contribution in [0.25, 0.3) is 0 Å². The van der Waals surface area contributed by atoms with E-state index in [4.69, 9.17) is 0 Å². The highest BCUT2D eigenvalue weighted by Crippen LogP contribution is 2.16. The lowest BCUT2D eigenvalue weighted by molar-refractivity contribution is 0.0755. The Morgan fingerprint density at radius 2 is 1.83 bits per heavy atom. The molecule has 1 fully saturated rings. The van der Waals surface area contributed by atoms with Crippen LogP contribution >= 0.6 is 0 Å². The number of nitrogens with one attached hydrogen (secondary N) is 2. The van der Waals surface area contributed by atoms with Gasteiger partial charge in [0.05, 0.1) is 6.10 Å². The number of aliphatic hydroxyl groups excluding tert-OH is 1. The highest BCUT2D eigenvalue weighted by Gasteiger charge is 2.24. The third-order valence-corrected chi connectivity index (χ3v) is 5.50. The lowest BCUT2D eigenvalue weighted by Crippen LogP contribution is -2.49. The Balaban J connectivity index is 2.02. The third kappa shape index (κ3) is 6.82.